The van der Waals surface area contributed by atoms with E-state index in [0.29, 0.717) is 15.8 Å². The second kappa shape index (κ2) is 8.26. The average molecular weight is 384 g/mol. The van der Waals surface area contributed by atoms with Crippen molar-refractivity contribution in [1.82, 2.24) is 9.55 Å². The Labute approximate surface area is 160 Å². The van der Waals surface area contributed by atoms with Gasteiger partial charge in [-0.25, -0.2) is 4.98 Å². The average Bonchev–Trinajstić information content (AvgIpc) is 3.16. The molecule has 0 fully saturated rings. The number of fused-ring (bicyclic) bond motifs is 1. The summed E-state index contributed by atoms with van der Waals surface area (Å²) < 4.78 is 6.62. The van der Waals surface area contributed by atoms with Crippen molar-refractivity contribution in [3.63, 3.8) is 0 Å². The minimum absolute atomic E-state index is 0.0103. The topological polar surface area (TPSA) is 78.3 Å². The summed E-state index contributed by atoms with van der Waals surface area (Å²) >= 11 is 1.39. The Kier molecular flexibility index (Phi) is 5.81. The van der Waals surface area contributed by atoms with Gasteiger partial charge in [-0.15, -0.1) is 11.3 Å². The standard InChI is InChI=1S/C20H20N2O4S/c1-3-14-4-6-15(7-5-14)18(24)13(2)26-17(23)8-10-22-12-21-19-16(20(22)25)9-11-27-19/h4-7,9,11-13H,3,8,10H2,1-2H3. The number of ether oxygens (including phenoxy) is 1. The molecule has 0 spiro atoms. The first-order chi connectivity index (χ1) is 13.0. The number of thiophene rings is 1. The summed E-state index contributed by atoms with van der Waals surface area (Å²) in [6, 6.07) is 8.98. The van der Waals surface area contributed by atoms with E-state index in [1.807, 2.05) is 19.1 Å². The fourth-order valence-corrected chi connectivity index (χ4v) is 3.44. The Hall–Kier alpha value is -2.80. The van der Waals surface area contributed by atoms with Crippen LogP contribution in [0.5, 0.6) is 0 Å². The maximum atomic E-state index is 12.4. The Balaban J connectivity index is 1.58. The molecule has 27 heavy (non-hydrogen) atoms. The Morgan fingerprint density at radius 3 is 2.67 bits per heavy atom. The minimum Gasteiger partial charge on any atom is -0.454 e. The lowest BCUT2D eigenvalue weighted by Gasteiger charge is -2.13. The molecule has 1 atom stereocenters. The van der Waals surface area contributed by atoms with Crippen molar-refractivity contribution >= 4 is 33.3 Å². The second-order valence-electron chi connectivity index (χ2n) is 6.18. The highest BCUT2D eigenvalue weighted by molar-refractivity contribution is 7.16. The molecule has 140 valence electrons. The summed E-state index contributed by atoms with van der Waals surface area (Å²) in [4.78, 5) is 41.6. The van der Waals surface area contributed by atoms with Crippen LogP contribution in [0.2, 0.25) is 0 Å². The Morgan fingerprint density at radius 2 is 1.96 bits per heavy atom. The third-order valence-electron chi connectivity index (χ3n) is 4.33. The number of carbonyl (C=O) groups is 2. The molecule has 6 nitrogen and oxygen atoms in total. The van der Waals surface area contributed by atoms with Gasteiger partial charge in [0.1, 0.15) is 4.83 Å². The quantitative estimate of drug-likeness (QED) is 0.462. The van der Waals surface area contributed by atoms with Gasteiger partial charge in [0.15, 0.2) is 6.10 Å². The number of hydrogen-bond acceptors (Lipinski definition) is 6. The first-order valence-corrected chi connectivity index (χ1v) is 9.63. The molecular formula is C20H20N2O4S. The van der Waals surface area contributed by atoms with Crippen molar-refractivity contribution in [3.05, 3.63) is 63.5 Å². The van der Waals surface area contributed by atoms with Crippen molar-refractivity contribution < 1.29 is 14.3 Å². The molecule has 2 aromatic heterocycles. The van der Waals surface area contributed by atoms with Gasteiger partial charge in [0.05, 0.1) is 18.1 Å². The number of hydrogen-bond donors (Lipinski definition) is 0. The van der Waals surface area contributed by atoms with Crippen LogP contribution in [0.1, 0.15) is 36.2 Å². The molecule has 3 rings (SSSR count). The zero-order chi connectivity index (χ0) is 19.4. The first-order valence-electron chi connectivity index (χ1n) is 8.75. The van der Waals surface area contributed by atoms with Crippen LogP contribution < -0.4 is 5.56 Å². The zero-order valence-electron chi connectivity index (χ0n) is 15.2. The second-order valence-corrected chi connectivity index (χ2v) is 7.07. The van der Waals surface area contributed by atoms with E-state index in [4.69, 9.17) is 4.74 Å². The van der Waals surface area contributed by atoms with E-state index in [1.165, 1.54) is 22.2 Å². The highest BCUT2D eigenvalue weighted by Crippen LogP contribution is 2.13. The lowest BCUT2D eigenvalue weighted by Crippen LogP contribution is -2.26. The molecule has 7 heteroatoms. The van der Waals surface area contributed by atoms with Crippen LogP contribution in [0.15, 0.2) is 46.8 Å². The van der Waals surface area contributed by atoms with Crippen molar-refractivity contribution in [3.8, 4) is 0 Å². The van der Waals surface area contributed by atoms with Crippen molar-refractivity contribution in [1.29, 1.82) is 0 Å². The van der Waals surface area contributed by atoms with Crippen LogP contribution in [0.3, 0.4) is 0 Å². The molecule has 0 aliphatic rings. The summed E-state index contributed by atoms with van der Waals surface area (Å²) in [6.45, 7) is 3.75. The molecule has 0 radical (unpaired) electrons. The van der Waals surface area contributed by atoms with E-state index in [1.54, 1.807) is 30.5 Å². The van der Waals surface area contributed by atoms with Gasteiger partial charge in [0.25, 0.3) is 5.56 Å². The van der Waals surface area contributed by atoms with Crippen molar-refractivity contribution in [2.45, 2.75) is 39.3 Å². The number of ketones is 1. The number of benzene rings is 1. The van der Waals surface area contributed by atoms with Crippen molar-refractivity contribution in [2.75, 3.05) is 0 Å². The van der Waals surface area contributed by atoms with Gasteiger partial charge in [-0.05, 0) is 30.4 Å². The number of carbonyl (C=O) groups excluding carboxylic acids is 2. The number of aryl methyl sites for hydroxylation is 2. The molecule has 3 aromatic rings. The normalized spacial score (nSPS) is 12.1. The van der Waals surface area contributed by atoms with Gasteiger partial charge in [-0.1, -0.05) is 31.2 Å². The number of rotatable bonds is 7. The lowest BCUT2D eigenvalue weighted by molar-refractivity contribution is -0.146. The Bertz CT molecular complexity index is 1020. The highest BCUT2D eigenvalue weighted by atomic mass is 32.1. The first kappa shape index (κ1) is 19.0. The highest BCUT2D eigenvalue weighted by Gasteiger charge is 2.19. The van der Waals surface area contributed by atoms with E-state index in [-0.39, 0.29) is 24.3 Å². The van der Waals surface area contributed by atoms with Crippen molar-refractivity contribution in [2.24, 2.45) is 0 Å². The van der Waals surface area contributed by atoms with Crippen LogP contribution in [-0.2, 0) is 22.5 Å². The van der Waals surface area contributed by atoms with E-state index < -0.39 is 12.1 Å². The summed E-state index contributed by atoms with van der Waals surface area (Å²) in [5.74, 6) is -0.775. The number of Topliss-reactive ketones (excluding diaryl/α,β-unsaturated/α-hetero) is 1. The summed E-state index contributed by atoms with van der Waals surface area (Å²) in [6.07, 6.45) is 1.44. The van der Waals surface area contributed by atoms with Gasteiger partial charge in [-0.3, -0.25) is 19.0 Å². The van der Waals surface area contributed by atoms with Crippen LogP contribution >= 0.6 is 11.3 Å². The molecule has 0 aliphatic heterocycles. The smallest absolute Gasteiger partial charge is 0.308 e. The van der Waals surface area contributed by atoms with E-state index in [2.05, 4.69) is 4.98 Å². The zero-order valence-corrected chi connectivity index (χ0v) is 16.0. The number of nitrogens with zero attached hydrogens (tertiary/aromatic N) is 2. The molecule has 0 N–H and O–H groups in total. The Morgan fingerprint density at radius 1 is 1.22 bits per heavy atom. The third kappa shape index (κ3) is 4.31. The van der Waals surface area contributed by atoms with Crippen LogP contribution in [0, 0.1) is 0 Å². The third-order valence-corrected chi connectivity index (χ3v) is 5.15. The summed E-state index contributed by atoms with van der Waals surface area (Å²) in [7, 11) is 0. The maximum Gasteiger partial charge on any atom is 0.308 e. The molecule has 2 heterocycles. The monoisotopic (exact) mass is 384 g/mol. The lowest BCUT2D eigenvalue weighted by atomic mass is 10.0. The van der Waals surface area contributed by atoms with E-state index in [9.17, 15) is 14.4 Å². The van der Waals surface area contributed by atoms with Gasteiger partial charge < -0.3 is 4.74 Å². The molecule has 0 saturated heterocycles. The fraction of sp³-hybridized carbons (Fsp3) is 0.300. The van der Waals surface area contributed by atoms with E-state index in [0.717, 1.165) is 12.0 Å². The summed E-state index contributed by atoms with van der Waals surface area (Å²) in [5, 5.41) is 2.34. The predicted octanol–water partition coefficient (Wildman–Crippen LogP) is 3.23. The summed E-state index contributed by atoms with van der Waals surface area (Å²) in [5.41, 5.74) is 1.46. The molecule has 0 aliphatic carbocycles. The number of esters is 1. The molecule has 0 saturated carbocycles. The molecule has 0 bridgehead atoms. The minimum atomic E-state index is -0.876. The van der Waals surface area contributed by atoms with E-state index >= 15 is 0 Å². The van der Waals surface area contributed by atoms with Gasteiger partial charge in [0, 0.05) is 12.1 Å². The number of aromatic nitrogens is 2. The SMILES string of the molecule is CCc1ccc(C(=O)C(C)OC(=O)CCn2cnc3sccc3c2=O)cc1. The molecular weight excluding hydrogens is 364 g/mol. The van der Waals surface area contributed by atoms with Crippen LogP contribution in [0.4, 0.5) is 0 Å². The van der Waals surface area contributed by atoms with Gasteiger partial charge >= 0.3 is 5.97 Å². The molecule has 0 amide bonds. The fourth-order valence-electron chi connectivity index (χ4n) is 2.71. The predicted molar refractivity (Wildman–Crippen MR) is 104 cm³/mol. The largest absolute Gasteiger partial charge is 0.454 e. The van der Waals surface area contributed by atoms with Crippen LogP contribution in [-0.4, -0.2) is 27.4 Å². The molecule has 1 unspecified atom stereocenters. The van der Waals surface area contributed by atoms with Gasteiger partial charge in [0.2, 0.25) is 5.78 Å². The van der Waals surface area contributed by atoms with Gasteiger partial charge in [-0.2, -0.15) is 0 Å². The van der Waals surface area contributed by atoms with Crippen LogP contribution in [0.25, 0.3) is 10.2 Å². The maximum absolute atomic E-state index is 12.4. The molecule has 1 aromatic carbocycles.